The fourth-order valence-electron chi connectivity index (χ4n) is 8.85. The molecule has 1 spiro atoms. The highest BCUT2D eigenvalue weighted by Crippen LogP contribution is 2.41. The summed E-state index contributed by atoms with van der Waals surface area (Å²) in [5.74, 6) is -1.58. The third-order valence-electron chi connectivity index (χ3n) is 12.4. The van der Waals surface area contributed by atoms with Gasteiger partial charge in [-0.05, 0) is 93.3 Å². The van der Waals surface area contributed by atoms with Crippen LogP contribution in [0.25, 0.3) is 0 Å². The molecule has 8 atom stereocenters. The number of aliphatic hydroxyl groups excluding tert-OH is 2. The number of likely N-dealkylation sites (tertiary alicyclic amines) is 1. The van der Waals surface area contributed by atoms with E-state index in [-0.39, 0.29) is 48.5 Å². The highest BCUT2D eigenvalue weighted by Gasteiger charge is 2.52. The zero-order chi connectivity index (χ0) is 37.3. The lowest BCUT2D eigenvalue weighted by molar-refractivity contribution is -0.295. The number of esters is 1. The molecule has 1 aliphatic carbocycles. The molecule has 50 heavy (non-hydrogen) atoms. The molecule has 13 nitrogen and oxygen atoms in total. The molecule has 3 heterocycles. The number of ether oxygens (including phenoxy) is 4. The molecule has 0 aromatic heterocycles. The van der Waals surface area contributed by atoms with Crippen molar-refractivity contribution in [2.45, 2.75) is 134 Å². The molecule has 4 fully saturated rings. The molecule has 4 aliphatic rings. The quantitative estimate of drug-likeness (QED) is 0.294. The molecule has 4 rings (SSSR count). The summed E-state index contributed by atoms with van der Waals surface area (Å²) in [5.41, 5.74) is -2.92. The zero-order valence-electron chi connectivity index (χ0n) is 32.5. The summed E-state index contributed by atoms with van der Waals surface area (Å²) >= 11 is 0. The topological polar surface area (TPSA) is 142 Å². The van der Waals surface area contributed by atoms with E-state index >= 15 is 0 Å². The number of methoxy groups -OCH3 is 1. The summed E-state index contributed by atoms with van der Waals surface area (Å²) in [6, 6.07) is -0.137. The van der Waals surface area contributed by atoms with Crippen LogP contribution < -0.4 is 0 Å². The lowest BCUT2D eigenvalue weighted by Crippen LogP contribution is -2.59. The van der Waals surface area contributed by atoms with Gasteiger partial charge in [0.05, 0.1) is 36.0 Å². The first-order valence-corrected chi connectivity index (χ1v) is 18.5. The van der Waals surface area contributed by atoms with E-state index in [0.29, 0.717) is 51.9 Å². The van der Waals surface area contributed by atoms with Gasteiger partial charge in [-0.15, -0.1) is 0 Å². The van der Waals surface area contributed by atoms with Gasteiger partial charge in [-0.3, -0.25) is 24.2 Å². The van der Waals surface area contributed by atoms with Crippen LogP contribution in [0.1, 0.15) is 80.1 Å². The summed E-state index contributed by atoms with van der Waals surface area (Å²) in [5, 5.41) is 21.0. The number of carbonyl (C=O) groups excluding carboxylic acids is 3. The molecule has 3 saturated heterocycles. The van der Waals surface area contributed by atoms with E-state index in [1.54, 1.807) is 27.9 Å². The molecule has 13 heteroatoms. The van der Waals surface area contributed by atoms with Gasteiger partial charge >= 0.3 is 5.97 Å². The number of rotatable bonds is 7. The Morgan fingerprint density at radius 1 is 1.02 bits per heavy atom. The van der Waals surface area contributed by atoms with Crippen molar-refractivity contribution in [1.82, 2.24) is 19.6 Å². The maximum atomic E-state index is 14.4. The van der Waals surface area contributed by atoms with Crippen LogP contribution in [-0.4, -0.2) is 169 Å². The van der Waals surface area contributed by atoms with E-state index < -0.39 is 46.9 Å². The number of amides is 1. The van der Waals surface area contributed by atoms with Crippen molar-refractivity contribution in [3.05, 3.63) is 0 Å². The number of aliphatic hydroxyl groups is 2. The second kappa shape index (κ2) is 16.1. The first kappa shape index (κ1) is 41.1. The van der Waals surface area contributed by atoms with Gasteiger partial charge < -0.3 is 39.0 Å². The van der Waals surface area contributed by atoms with E-state index in [9.17, 15) is 24.6 Å². The number of Topliss-reactive ketones (excluding diaryl/α,β-unsaturated/α-hetero) is 1. The molecule has 2 N–H and O–H groups in total. The third kappa shape index (κ3) is 8.73. The summed E-state index contributed by atoms with van der Waals surface area (Å²) in [6.45, 7) is 13.2. The van der Waals surface area contributed by atoms with Crippen LogP contribution in [0.5, 0.6) is 0 Å². The molecule has 0 bridgehead atoms. The molecule has 0 unspecified atom stereocenters. The predicted octanol–water partition coefficient (Wildman–Crippen LogP) is 1.77. The number of hydrogen-bond acceptors (Lipinski definition) is 12. The van der Waals surface area contributed by atoms with Crippen LogP contribution in [0, 0.1) is 17.3 Å². The van der Waals surface area contributed by atoms with Crippen LogP contribution in [0.3, 0.4) is 0 Å². The third-order valence-corrected chi connectivity index (χ3v) is 12.4. The average Bonchev–Trinajstić information content (AvgIpc) is 3.04. The van der Waals surface area contributed by atoms with Crippen molar-refractivity contribution in [3.63, 3.8) is 0 Å². The number of cyclic esters (lactones) is 1. The Balaban J connectivity index is 1.58. The van der Waals surface area contributed by atoms with Crippen molar-refractivity contribution >= 4 is 17.7 Å². The normalized spacial score (nSPS) is 40.0. The van der Waals surface area contributed by atoms with Gasteiger partial charge in [-0.2, -0.15) is 0 Å². The Kier molecular flexibility index (Phi) is 13.2. The Morgan fingerprint density at radius 2 is 1.64 bits per heavy atom. The number of β-amino-alcohol motifs (C(OH)–C–C–N with tert-alkyl or cyclic N) is 1. The van der Waals surface area contributed by atoms with Gasteiger partial charge in [-0.25, -0.2) is 0 Å². The minimum atomic E-state index is -1.48. The molecular weight excluding hydrogens is 644 g/mol. The van der Waals surface area contributed by atoms with Gasteiger partial charge in [-0.1, -0.05) is 13.8 Å². The molecule has 288 valence electrons. The number of likely N-dealkylation sites (N-methyl/N-ethyl adjacent to an activating group) is 3. The summed E-state index contributed by atoms with van der Waals surface area (Å²) in [4.78, 5) is 49.3. The molecular formula is C37H66N4O9. The van der Waals surface area contributed by atoms with Crippen LogP contribution >= 0.6 is 0 Å². The summed E-state index contributed by atoms with van der Waals surface area (Å²) < 4.78 is 25.2. The first-order valence-electron chi connectivity index (χ1n) is 18.5. The van der Waals surface area contributed by atoms with E-state index in [2.05, 4.69) is 18.9 Å². The maximum absolute atomic E-state index is 14.4. The van der Waals surface area contributed by atoms with Gasteiger partial charge in [0.1, 0.15) is 18.1 Å². The lowest BCUT2D eigenvalue weighted by atomic mass is 9.74. The van der Waals surface area contributed by atoms with Gasteiger partial charge in [0.15, 0.2) is 12.1 Å². The largest absolute Gasteiger partial charge is 0.463 e. The van der Waals surface area contributed by atoms with Crippen LogP contribution in [0.2, 0.25) is 0 Å². The highest BCUT2D eigenvalue weighted by molar-refractivity contribution is 6.04. The molecule has 1 saturated carbocycles. The minimum Gasteiger partial charge on any atom is -0.463 e. The van der Waals surface area contributed by atoms with Crippen LogP contribution in [0.4, 0.5) is 0 Å². The molecule has 1 amide bonds. The first-order chi connectivity index (χ1) is 23.2. The lowest BCUT2D eigenvalue weighted by Gasteiger charge is -2.49. The van der Waals surface area contributed by atoms with E-state index in [1.165, 1.54) is 0 Å². The molecule has 0 aromatic rings. The minimum absolute atomic E-state index is 0.0454. The van der Waals surface area contributed by atoms with E-state index in [4.69, 9.17) is 18.9 Å². The van der Waals surface area contributed by atoms with Crippen molar-refractivity contribution in [1.29, 1.82) is 0 Å². The monoisotopic (exact) mass is 710 g/mol. The smallest absolute Gasteiger partial charge is 0.319 e. The van der Waals surface area contributed by atoms with Crippen molar-refractivity contribution in [3.8, 4) is 0 Å². The summed E-state index contributed by atoms with van der Waals surface area (Å²) in [6.07, 6.45) is 0.795. The predicted molar refractivity (Wildman–Crippen MR) is 188 cm³/mol. The maximum Gasteiger partial charge on any atom is 0.319 e. The van der Waals surface area contributed by atoms with E-state index in [0.717, 1.165) is 12.8 Å². The number of carbonyl (C=O) groups is 3. The molecule has 0 radical (unpaired) electrons. The second-order valence-corrected chi connectivity index (χ2v) is 17.0. The fraction of sp³-hybridized carbons (Fsp3) is 0.919. The SMILES string of the molecule is CO[C@]1(C)C[C@@H](C)CN(C)C2(CCC(N(C)C(=O)CN3CC(O)C3)CC2)COC(=O)C(C)(C)C(=O)[C@H](C)[C@H]1O[C@@H]1O[C@H](C)C[C@H](N(C)C)[C@H]1O. The summed E-state index contributed by atoms with van der Waals surface area (Å²) in [7, 11) is 9.38. The van der Waals surface area contributed by atoms with Crippen molar-refractivity contribution in [2.75, 3.05) is 68.1 Å². The highest BCUT2D eigenvalue weighted by atomic mass is 16.7. The number of ketones is 1. The Labute approximate surface area is 299 Å². The molecule has 0 aromatic carbocycles. The standard InChI is InChI=1S/C37H66N4O9/c1-23-17-36(6,47-11)32(50-33-30(44)28(38(7)8)16-24(2)49-33)25(3)31(45)35(4,5)34(46)48-22-37(39(9)18-23)14-12-26(13-15-37)40(10)29(43)21-41-19-27(42)20-41/h23-28,30,32-33,42,44H,12-22H2,1-11H3/t23-,24-,25+,26?,28+,30-,32-,33+,36-,37?/m1/s1. The number of nitrogens with zero attached hydrogens (tertiary/aromatic N) is 4. The van der Waals surface area contributed by atoms with Crippen molar-refractivity contribution < 1.29 is 43.5 Å². The van der Waals surface area contributed by atoms with Gasteiger partial charge in [0, 0.05) is 51.8 Å². The van der Waals surface area contributed by atoms with Gasteiger partial charge in [0.25, 0.3) is 0 Å². The van der Waals surface area contributed by atoms with E-state index in [1.807, 2.05) is 49.7 Å². The van der Waals surface area contributed by atoms with Crippen molar-refractivity contribution in [2.24, 2.45) is 17.3 Å². The van der Waals surface area contributed by atoms with Gasteiger partial charge in [0.2, 0.25) is 5.91 Å². The Morgan fingerprint density at radius 3 is 2.20 bits per heavy atom. The zero-order valence-corrected chi connectivity index (χ0v) is 32.5. The fourth-order valence-corrected chi connectivity index (χ4v) is 8.85. The average molecular weight is 711 g/mol. The Bertz CT molecular complexity index is 1190. The number of hydrogen-bond donors (Lipinski definition) is 2. The molecule has 3 aliphatic heterocycles. The van der Waals surface area contributed by atoms with Crippen LogP contribution in [-0.2, 0) is 33.3 Å². The second-order valence-electron chi connectivity index (χ2n) is 17.0. The van der Waals surface area contributed by atoms with Crippen LogP contribution in [0.15, 0.2) is 0 Å². The Hall–Kier alpha value is -1.71.